The number of benzene rings is 2. The second-order valence-corrected chi connectivity index (χ2v) is 8.34. The van der Waals surface area contributed by atoms with Crippen molar-refractivity contribution < 1.29 is 24.2 Å². The first-order valence-corrected chi connectivity index (χ1v) is 11.0. The van der Waals surface area contributed by atoms with Crippen molar-refractivity contribution >= 4 is 23.1 Å². The second-order valence-electron chi connectivity index (χ2n) is 8.34. The molecule has 2 aromatic carbocycles. The summed E-state index contributed by atoms with van der Waals surface area (Å²) in [5.74, 6) is -0.811. The summed E-state index contributed by atoms with van der Waals surface area (Å²) < 4.78 is 10.6. The van der Waals surface area contributed by atoms with Crippen LogP contribution in [0.1, 0.15) is 22.7 Å². The number of likely N-dealkylation sites (tertiary alicyclic amines) is 1. The van der Waals surface area contributed by atoms with E-state index in [9.17, 15) is 14.7 Å². The van der Waals surface area contributed by atoms with Gasteiger partial charge in [-0.15, -0.1) is 0 Å². The molecule has 0 saturated carbocycles. The summed E-state index contributed by atoms with van der Waals surface area (Å²) in [4.78, 5) is 33.9. The van der Waals surface area contributed by atoms with E-state index in [2.05, 4.69) is 4.98 Å². The van der Waals surface area contributed by atoms with Crippen LogP contribution < -0.4 is 14.4 Å². The number of methoxy groups -OCH3 is 2. The SMILES string of the molecule is COc1ccc(C(O)=C2C(=O)C(=O)N(Cc3ccncc3)C2c2ccc(N(C)C)cc2)cc1OC. The third-order valence-electron chi connectivity index (χ3n) is 6.02. The predicted octanol–water partition coefficient (Wildman–Crippen LogP) is 3.79. The number of ether oxygens (including phenoxy) is 2. The van der Waals surface area contributed by atoms with Gasteiger partial charge in [0, 0.05) is 44.3 Å². The highest BCUT2D eigenvalue weighted by atomic mass is 16.5. The normalized spacial score (nSPS) is 16.9. The Labute approximate surface area is 204 Å². The van der Waals surface area contributed by atoms with Gasteiger partial charge in [0.05, 0.1) is 25.8 Å². The fraction of sp³-hybridized carbons (Fsp3) is 0.222. The number of aromatic nitrogens is 1. The number of pyridine rings is 1. The summed E-state index contributed by atoms with van der Waals surface area (Å²) in [5, 5.41) is 11.3. The van der Waals surface area contributed by atoms with Crippen LogP contribution in [0.2, 0.25) is 0 Å². The zero-order valence-corrected chi connectivity index (χ0v) is 20.1. The Morgan fingerprint density at radius 2 is 1.63 bits per heavy atom. The fourth-order valence-electron chi connectivity index (χ4n) is 4.17. The quantitative estimate of drug-likeness (QED) is 0.317. The number of carbonyl (C=O) groups excluding carboxylic acids is 2. The van der Waals surface area contributed by atoms with E-state index in [4.69, 9.17) is 9.47 Å². The van der Waals surface area contributed by atoms with Crippen LogP contribution in [0.15, 0.2) is 72.6 Å². The molecular weight excluding hydrogens is 446 g/mol. The Morgan fingerprint density at radius 3 is 2.23 bits per heavy atom. The molecule has 0 aliphatic carbocycles. The largest absolute Gasteiger partial charge is 0.507 e. The van der Waals surface area contributed by atoms with Gasteiger partial charge < -0.3 is 24.4 Å². The summed E-state index contributed by atoms with van der Waals surface area (Å²) in [6.45, 7) is 0.190. The zero-order valence-electron chi connectivity index (χ0n) is 20.1. The molecule has 1 saturated heterocycles. The van der Waals surface area contributed by atoms with Crippen LogP contribution in [0, 0.1) is 0 Å². The number of hydrogen-bond acceptors (Lipinski definition) is 7. The van der Waals surface area contributed by atoms with E-state index >= 15 is 0 Å². The maximum Gasteiger partial charge on any atom is 0.295 e. The number of hydrogen-bond donors (Lipinski definition) is 1. The summed E-state index contributed by atoms with van der Waals surface area (Å²) in [6.07, 6.45) is 3.27. The smallest absolute Gasteiger partial charge is 0.295 e. The number of carbonyl (C=O) groups is 2. The number of rotatable bonds is 7. The highest BCUT2D eigenvalue weighted by Crippen LogP contribution is 2.41. The molecule has 4 rings (SSSR count). The zero-order chi connectivity index (χ0) is 25.1. The van der Waals surface area contributed by atoms with E-state index in [0.717, 1.165) is 11.3 Å². The van der Waals surface area contributed by atoms with Gasteiger partial charge in [-0.3, -0.25) is 14.6 Å². The lowest BCUT2D eigenvalue weighted by atomic mass is 9.94. The van der Waals surface area contributed by atoms with Crippen molar-refractivity contribution in [2.45, 2.75) is 12.6 Å². The molecule has 180 valence electrons. The topological polar surface area (TPSA) is 92.2 Å². The summed E-state index contributed by atoms with van der Waals surface area (Å²) >= 11 is 0. The van der Waals surface area contributed by atoms with Gasteiger partial charge in [-0.05, 0) is 53.6 Å². The maximum atomic E-state index is 13.3. The molecule has 8 heteroatoms. The first kappa shape index (κ1) is 23.8. The Hall–Kier alpha value is -4.33. The molecule has 1 amide bonds. The van der Waals surface area contributed by atoms with Gasteiger partial charge >= 0.3 is 0 Å². The van der Waals surface area contributed by atoms with E-state index in [1.807, 2.05) is 43.3 Å². The third-order valence-corrected chi connectivity index (χ3v) is 6.02. The minimum atomic E-state index is -0.771. The van der Waals surface area contributed by atoms with Crippen molar-refractivity contribution in [3.05, 3.63) is 89.3 Å². The lowest BCUT2D eigenvalue weighted by molar-refractivity contribution is -0.140. The van der Waals surface area contributed by atoms with Crippen LogP contribution in [-0.2, 0) is 16.1 Å². The first-order valence-electron chi connectivity index (χ1n) is 11.0. The van der Waals surface area contributed by atoms with Crippen LogP contribution in [0.3, 0.4) is 0 Å². The van der Waals surface area contributed by atoms with Gasteiger partial charge in [0.15, 0.2) is 11.5 Å². The molecule has 1 fully saturated rings. The third kappa shape index (κ3) is 4.55. The van der Waals surface area contributed by atoms with E-state index < -0.39 is 17.7 Å². The minimum absolute atomic E-state index is 0.0221. The molecule has 1 unspecified atom stereocenters. The molecule has 8 nitrogen and oxygen atoms in total. The van der Waals surface area contributed by atoms with E-state index in [-0.39, 0.29) is 17.9 Å². The van der Waals surface area contributed by atoms with Gasteiger partial charge in [-0.1, -0.05) is 12.1 Å². The molecule has 0 spiro atoms. The first-order chi connectivity index (χ1) is 16.8. The van der Waals surface area contributed by atoms with Crippen molar-refractivity contribution in [3.63, 3.8) is 0 Å². The van der Waals surface area contributed by atoms with Crippen LogP contribution in [-0.4, -0.2) is 55.0 Å². The molecular formula is C27H27N3O5. The van der Waals surface area contributed by atoms with Gasteiger partial charge in [-0.2, -0.15) is 0 Å². The van der Waals surface area contributed by atoms with Crippen LogP contribution in [0.4, 0.5) is 5.69 Å². The highest BCUT2D eigenvalue weighted by molar-refractivity contribution is 6.46. The number of aliphatic hydroxyl groups excluding tert-OH is 1. The molecule has 1 aromatic heterocycles. The number of ketones is 1. The molecule has 1 N–H and O–H groups in total. The highest BCUT2D eigenvalue weighted by Gasteiger charge is 2.46. The average Bonchev–Trinajstić information content (AvgIpc) is 3.13. The second kappa shape index (κ2) is 9.89. The van der Waals surface area contributed by atoms with Crippen molar-refractivity contribution in [3.8, 4) is 11.5 Å². The summed E-state index contributed by atoms with van der Waals surface area (Å²) in [7, 11) is 6.87. The van der Waals surface area contributed by atoms with Gasteiger partial charge in [0.1, 0.15) is 5.76 Å². The van der Waals surface area contributed by atoms with Crippen molar-refractivity contribution in [1.82, 2.24) is 9.88 Å². The van der Waals surface area contributed by atoms with E-state index in [1.165, 1.54) is 19.1 Å². The number of Topliss-reactive ketones (excluding diaryl/α,β-unsaturated/α-hetero) is 1. The Kier molecular flexibility index (Phi) is 6.73. The van der Waals surface area contributed by atoms with Crippen molar-refractivity contribution in [1.29, 1.82) is 0 Å². The van der Waals surface area contributed by atoms with Crippen LogP contribution in [0.25, 0.3) is 5.76 Å². The molecule has 0 bridgehead atoms. The maximum absolute atomic E-state index is 13.3. The summed E-state index contributed by atoms with van der Waals surface area (Å²) in [5.41, 5.74) is 2.88. The molecule has 2 heterocycles. The predicted molar refractivity (Wildman–Crippen MR) is 132 cm³/mol. The summed E-state index contributed by atoms with van der Waals surface area (Å²) in [6, 6.07) is 15.2. The van der Waals surface area contributed by atoms with E-state index in [0.29, 0.717) is 22.6 Å². The number of nitrogens with zero attached hydrogens (tertiary/aromatic N) is 3. The van der Waals surface area contributed by atoms with Gasteiger partial charge in [0.25, 0.3) is 11.7 Å². The molecule has 1 atom stereocenters. The lowest BCUT2D eigenvalue weighted by Crippen LogP contribution is -2.29. The molecule has 35 heavy (non-hydrogen) atoms. The molecule has 1 aliphatic heterocycles. The number of amides is 1. The number of anilines is 1. The Morgan fingerprint density at radius 1 is 0.971 bits per heavy atom. The van der Waals surface area contributed by atoms with Crippen molar-refractivity contribution in [2.24, 2.45) is 0 Å². The fourth-order valence-corrected chi connectivity index (χ4v) is 4.17. The standard InChI is InChI=1S/C27H27N3O5/c1-29(2)20-8-5-18(6-9-20)24-23(25(31)19-7-10-21(34-3)22(15-19)35-4)26(32)27(33)30(24)16-17-11-13-28-14-12-17/h5-15,24,31H,16H2,1-4H3. The average molecular weight is 474 g/mol. The molecule has 1 aliphatic rings. The monoisotopic (exact) mass is 473 g/mol. The van der Waals surface area contributed by atoms with Gasteiger partial charge in [0.2, 0.25) is 0 Å². The lowest BCUT2D eigenvalue weighted by Gasteiger charge is -2.26. The minimum Gasteiger partial charge on any atom is -0.507 e. The molecule has 3 aromatic rings. The molecule has 0 radical (unpaired) electrons. The Bertz CT molecular complexity index is 1270. The van der Waals surface area contributed by atoms with Crippen LogP contribution in [0.5, 0.6) is 11.5 Å². The van der Waals surface area contributed by atoms with E-state index in [1.54, 1.807) is 42.7 Å². The number of aliphatic hydroxyl groups is 1. The van der Waals surface area contributed by atoms with Crippen LogP contribution >= 0.6 is 0 Å². The van der Waals surface area contributed by atoms with Gasteiger partial charge in [-0.25, -0.2) is 0 Å². The van der Waals surface area contributed by atoms with Crippen molar-refractivity contribution in [2.75, 3.05) is 33.2 Å². The Balaban J connectivity index is 1.86.